The lowest BCUT2D eigenvalue weighted by Gasteiger charge is -2.29. The molecule has 0 saturated carbocycles. The molecule has 2 heteroatoms. The number of ether oxygens (including phenoxy) is 1. The molecule has 7 aromatic carbocycles. The SMILES string of the molecule is c1ccc(B2c3ccccc3Oc3c2cc2ccc4c(-c5ccccc5)ccc5ccc3c2c54)cc1. The maximum absolute atomic E-state index is 6.70. The van der Waals surface area contributed by atoms with Gasteiger partial charge in [-0.2, -0.15) is 0 Å². The van der Waals surface area contributed by atoms with Crippen molar-refractivity contribution < 1.29 is 4.74 Å². The van der Waals surface area contributed by atoms with Crippen LogP contribution in [0.4, 0.5) is 0 Å². The van der Waals surface area contributed by atoms with Gasteiger partial charge in [-0.1, -0.05) is 121 Å². The third kappa shape index (κ3) is 2.73. The lowest BCUT2D eigenvalue weighted by atomic mass is 9.35. The fourth-order valence-corrected chi connectivity index (χ4v) is 6.16. The van der Waals surface area contributed by atoms with Crippen molar-refractivity contribution in [3.63, 3.8) is 0 Å². The first kappa shape index (κ1) is 19.7. The minimum absolute atomic E-state index is 0.132. The van der Waals surface area contributed by atoms with E-state index in [9.17, 15) is 0 Å². The summed E-state index contributed by atoms with van der Waals surface area (Å²) in [5, 5.41) is 7.59. The monoisotopic (exact) mass is 456 g/mol. The van der Waals surface area contributed by atoms with Crippen LogP contribution in [0.1, 0.15) is 0 Å². The molecule has 1 aliphatic rings. The van der Waals surface area contributed by atoms with Gasteiger partial charge in [0, 0.05) is 10.8 Å². The molecule has 8 rings (SSSR count). The number of hydrogen-bond donors (Lipinski definition) is 0. The molecule has 0 bridgehead atoms. The number of hydrogen-bond acceptors (Lipinski definition) is 1. The third-order valence-electron chi connectivity index (χ3n) is 7.73. The Balaban J connectivity index is 1.47. The Morgan fingerprint density at radius 3 is 2.03 bits per heavy atom. The summed E-state index contributed by atoms with van der Waals surface area (Å²) in [6, 6.07) is 45.9. The van der Waals surface area contributed by atoms with E-state index in [1.807, 2.05) is 0 Å². The molecule has 0 unspecified atom stereocenters. The van der Waals surface area contributed by atoms with Gasteiger partial charge in [0.25, 0.3) is 6.71 Å². The van der Waals surface area contributed by atoms with E-state index in [0.717, 1.165) is 11.5 Å². The molecule has 0 aromatic heterocycles. The zero-order valence-electron chi connectivity index (χ0n) is 19.6. The summed E-state index contributed by atoms with van der Waals surface area (Å²) in [5.41, 5.74) is 6.24. The number of benzene rings is 7. The van der Waals surface area contributed by atoms with Gasteiger partial charge in [-0.05, 0) is 55.7 Å². The van der Waals surface area contributed by atoms with Crippen LogP contribution in [0, 0.1) is 0 Å². The van der Waals surface area contributed by atoms with Gasteiger partial charge in [-0.15, -0.1) is 0 Å². The molecule has 0 N–H and O–H groups in total. The normalized spacial score (nSPS) is 12.6. The summed E-state index contributed by atoms with van der Waals surface area (Å²) in [6.45, 7) is 0.132. The van der Waals surface area contributed by atoms with Crippen LogP contribution in [0.2, 0.25) is 0 Å². The Hall–Kier alpha value is -4.56. The van der Waals surface area contributed by atoms with Gasteiger partial charge in [0.1, 0.15) is 11.5 Å². The summed E-state index contributed by atoms with van der Waals surface area (Å²) < 4.78 is 6.70. The van der Waals surface area contributed by atoms with Crippen LogP contribution in [0.5, 0.6) is 11.5 Å². The van der Waals surface area contributed by atoms with Crippen LogP contribution in [-0.4, -0.2) is 6.71 Å². The van der Waals surface area contributed by atoms with Crippen molar-refractivity contribution in [1.29, 1.82) is 0 Å². The van der Waals surface area contributed by atoms with E-state index in [4.69, 9.17) is 4.74 Å². The third-order valence-corrected chi connectivity index (χ3v) is 7.73. The van der Waals surface area contributed by atoms with Gasteiger partial charge in [0.15, 0.2) is 0 Å². The van der Waals surface area contributed by atoms with Crippen LogP contribution in [0.25, 0.3) is 43.4 Å². The summed E-state index contributed by atoms with van der Waals surface area (Å²) in [7, 11) is 0. The van der Waals surface area contributed by atoms with E-state index in [1.54, 1.807) is 0 Å². The lowest BCUT2D eigenvalue weighted by Crippen LogP contribution is -2.54. The van der Waals surface area contributed by atoms with Gasteiger partial charge < -0.3 is 4.74 Å². The Kier molecular flexibility index (Phi) is 4.09. The van der Waals surface area contributed by atoms with Crippen LogP contribution in [0.3, 0.4) is 0 Å². The molecule has 0 spiro atoms. The van der Waals surface area contributed by atoms with Gasteiger partial charge in [-0.25, -0.2) is 0 Å². The van der Waals surface area contributed by atoms with Crippen molar-refractivity contribution in [3.05, 3.63) is 127 Å². The smallest absolute Gasteiger partial charge is 0.251 e. The largest absolute Gasteiger partial charge is 0.458 e. The average Bonchev–Trinajstić information content (AvgIpc) is 2.95. The molecule has 0 fully saturated rings. The van der Waals surface area contributed by atoms with Crippen molar-refractivity contribution in [1.82, 2.24) is 0 Å². The van der Waals surface area contributed by atoms with Crippen molar-refractivity contribution >= 4 is 55.4 Å². The second-order valence-electron chi connectivity index (χ2n) is 9.68. The molecule has 1 aliphatic heterocycles. The van der Waals surface area contributed by atoms with Crippen LogP contribution < -0.4 is 21.1 Å². The first-order valence-electron chi connectivity index (χ1n) is 12.5. The minimum Gasteiger partial charge on any atom is -0.458 e. The highest BCUT2D eigenvalue weighted by Gasteiger charge is 2.33. The van der Waals surface area contributed by atoms with Crippen LogP contribution in [-0.2, 0) is 0 Å². The van der Waals surface area contributed by atoms with E-state index in [1.165, 1.54) is 59.8 Å². The second-order valence-corrected chi connectivity index (χ2v) is 9.68. The van der Waals surface area contributed by atoms with E-state index in [0.29, 0.717) is 0 Å². The highest BCUT2D eigenvalue weighted by atomic mass is 16.5. The van der Waals surface area contributed by atoms with Gasteiger partial charge >= 0.3 is 0 Å². The van der Waals surface area contributed by atoms with E-state index in [-0.39, 0.29) is 6.71 Å². The first-order valence-corrected chi connectivity index (χ1v) is 12.5. The van der Waals surface area contributed by atoms with E-state index >= 15 is 0 Å². The zero-order valence-corrected chi connectivity index (χ0v) is 19.6. The fourth-order valence-electron chi connectivity index (χ4n) is 6.16. The first-order chi connectivity index (χ1) is 17.9. The number of rotatable bonds is 2. The summed E-state index contributed by atoms with van der Waals surface area (Å²) >= 11 is 0. The predicted molar refractivity (Wildman–Crippen MR) is 153 cm³/mol. The minimum atomic E-state index is 0.132. The van der Waals surface area contributed by atoms with Gasteiger partial charge in [0.2, 0.25) is 0 Å². The van der Waals surface area contributed by atoms with Crippen LogP contribution >= 0.6 is 0 Å². The molecule has 1 nitrogen and oxygen atoms in total. The molecule has 7 aromatic rings. The molecular weight excluding hydrogens is 435 g/mol. The van der Waals surface area contributed by atoms with Crippen molar-refractivity contribution in [3.8, 4) is 22.6 Å². The lowest BCUT2D eigenvalue weighted by molar-refractivity contribution is 0.493. The van der Waals surface area contributed by atoms with Crippen LogP contribution in [0.15, 0.2) is 127 Å². The number of para-hydroxylation sites is 1. The maximum atomic E-state index is 6.70. The zero-order chi connectivity index (χ0) is 23.6. The Morgan fingerprint density at radius 2 is 1.17 bits per heavy atom. The maximum Gasteiger partial charge on any atom is 0.251 e. The number of fused-ring (bicyclic) bond motifs is 3. The quantitative estimate of drug-likeness (QED) is 0.204. The average molecular weight is 456 g/mol. The molecule has 1 heterocycles. The highest BCUT2D eigenvalue weighted by Crippen LogP contribution is 2.43. The van der Waals surface area contributed by atoms with E-state index < -0.39 is 0 Å². The van der Waals surface area contributed by atoms with Crippen molar-refractivity contribution in [2.24, 2.45) is 0 Å². The Morgan fingerprint density at radius 1 is 0.500 bits per heavy atom. The molecular formula is C34H21BO. The fraction of sp³-hybridized carbons (Fsp3) is 0. The summed E-state index contributed by atoms with van der Waals surface area (Å²) in [5.74, 6) is 1.92. The molecule has 36 heavy (non-hydrogen) atoms. The highest BCUT2D eigenvalue weighted by molar-refractivity contribution is 6.97. The molecule has 0 radical (unpaired) electrons. The summed E-state index contributed by atoms with van der Waals surface area (Å²) in [4.78, 5) is 0. The van der Waals surface area contributed by atoms with Crippen molar-refractivity contribution in [2.45, 2.75) is 0 Å². The standard InChI is InChI=1S/C34H21BO/c1-3-9-22(10-4-1)26-18-15-23-16-20-28-33-24(17-19-27(26)32(23)33)21-30-34(28)36-31-14-8-7-13-29(31)35(30)25-11-5-2-6-12-25/h1-21H. The predicted octanol–water partition coefficient (Wildman–Crippen LogP) is 6.87. The molecule has 166 valence electrons. The second kappa shape index (κ2) is 7.47. The Labute approximate surface area is 210 Å². The molecule has 0 saturated heterocycles. The molecule has 0 aliphatic carbocycles. The molecule has 0 atom stereocenters. The molecule has 0 amide bonds. The van der Waals surface area contributed by atoms with Gasteiger partial charge in [-0.3, -0.25) is 0 Å². The van der Waals surface area contributed by atoms with Crippen molar-refractivity contribution in [2.75, 3.05) is 0 Å². The summed E-state index contributed by atoms with van der Waals surface area (Å²) in [6.07, 6.45) is 0. The van der Waals surface area contributed by atoms with Gasteiger partial charge in [0.05, 0.1) is 0 Å². The topological polar surface area (TPSA) is 9.23 Å². The van der Waals surface area contributed by atoms with E-state index in [2.05, 4.69) is 127 Å². The Bertz CT molecular complexity index is 1910.